The molecule has 0 bridgehead atoms. The second kappa shape index (κ2) is 7.03. The Bertz CT molecular complexity index is 571. The van der Waals surface area contributed by atoms with Crippen molar-refractivity contribution in [2.24, 2.45) is 7.05 Å². The van der Waals surface area contributed by atoms with Crippen LogP contribution in [0.2, 0.25) is 0 Å². The van der Waals surface area contributed by atoms with Gasteiger partial charge in [-0.05, 0) is 12.1 Å². The number of carbonyl (C=O) groups is 2. The normalized spacial score (nSPS) is 21.2. The summed E-state index contributed by atoms with van der Waals surface area (Å²) in [5, 5.41) is 3.56. The lowest BCUT2D eigenvalue weighted by molar-refractivity contribution is -0.911. The number of hydrogen-bond donors (Lipinski definition) is 3. The minimum Gasteiger partial charge on any atom is -0.350 e. The van der Waals surface area contributed by atoms with Crippen LogP contribution >= 0.6 is 0 Å². The summed E-state index contributed by atoms with van der Waals surface area (Å²) in [6.07, 6.45) is -0.687. The topological polar surface area (TPSA) is 67.6 Å². The van der Waals surface area contributed by atoms with Crippen LogP contribution in [0, 0.1) is 0 Å². The van der Waals surface area contributed by atoms with Crippen LogP contribution in [0.1, 0.15) is 24.6 Å². The Hall–Kier alpha value is -2.03. The summed E-state index contributed by atoms with van der Waals surface area (Å²) < 4.78 is 38.0. The maximum atomic E-state index is 12.0. The van der Waals surface area contributed by atoms with Crippen LogP contribution in [-0.2, 0) is 11.8 Å². The van der Waals surface area contributed by atoms with Gasteiger partial charge in [-0.2, -0.15) is 13.2 Å². The van der Waals surface area contributed by atoms with Gasteiger partial charge in [-0.3, -0.25) is 10.1 Å². The summed E-state index contributed by atoms with van der Waals surface area (Å²) in [6.45, 7) is -0.628. The molecule has 23 heavy (non-hydrogen) atoms. The van der Waals surface area contributed by atoms with Gasteiger partial charge in [0.05, 0.1) is 12.2 Å². The molecule has 1 fully saturated rings. The van der Waals surface area contributed by atoms with Crippen molar-refractivity contribution in [3.8, 4) is 0 Å². The largest absolute Gasteiger partial charge is 0.405 e. The van der Waals surface area contributed by atoms with Gasteiger partial charge in [-0.25, -0.2) is 4.79 Å². The number of alkyl halides is 3. The lowest BCUT2D eigenvalue weighted by Gasteiger charge is -2.21. The molecule has 0 aliphatic carbocycles. The fraction of sp³-hybridized carbons (Fsp3) is 0.571. The van der Waals surface area contributed by atoms with Gasteiger partial charge in [0, 0.05) is 26.1 Å². The van der Waals surface area contributed by atoms with Crippen molar-refractivity contribution in [1.82, 2.24) is 15.2 Å². The van der Waals surface area contributed by atoms with E-state index in [4.69, 9.17) is 0 Å². The number of aromatic nitrogens is 1. The van der Waals surface area contributed by atoms with E-state index in [0.29, 0.717) is 0 Å². The number of amides is 3. The molecule has 6 nitrogen and oxygen atoms in total. The summed E-state index contributed by atoms with van der Waals surface area (Å²) in [6, 6.07) is 2.94. The Balaban J connectivity index is 1.85. The van der Waals surface area contributed by atoms with Gasteiger partial charge in [0.15, 0.2) is 6.54 Å². The van der Waals surface area contributed by atoms with E-state index in [-0.39, 0.29) is 12.6 Å². The molecule has 2 rings (SSSR count). The van der Waals surface area contributed by atoms with Crippen LogP contribution in [0.5, 0.6) is 0 Å². The number of nitrogens with zero attached hydrogens (tertiary/aromatic N) is 1. The van der Waals surface area contributed by atoms with Crippen molar-refractivity contribution >= 4 is 11.9 Å². The van der Waals surface area contributed by atoms with Gasteiger partial charge in [0.1, 0.15) is 12.6 Å². The number of carbonyl (C=O) groups excluding carboxylic acids is 2. The van der Waals surface area contributed by atoms with Crippen LogP contribution in [-0.4, -0.2) is 42.3 Å². The average molecular weight is 333 g/mol. The van der Waals surface area contributed by atoms with E-state index in [2.05, 4.69) is 0 Å². The van der Waals surface area contributed by atoms with E-state index in [1.165, 1.54) is 0 Å². The Morgan fingerprint density at radius 1 is 1.43 bits per heavy atom. The molecule has 2 atom stereocenters. The van der Waals surface area contributed by atoms with Gasteiger partial charge < -0.3 is 14.8 Å². The molecule has 1 aliphatic rings. The zero-order chi connectivity index (χ0) is 17.0. The molecular weight excluding hydrogens is 313 g/mol. The number of halogens is 3. The van der Waals surface area contributed by atoms with E-state index in [9.17, 15) is 22.8 Å². The molecule has 1 aromatic rings. The van der Waals surface area contributed by atoms with E-state index in [1.807, 2.05) is 35.3 Å². The van der Waals surface area contributed by atoms with Crippen molar-refractivity contribution in [2.75, 3.05) is 19.6 Å². The number of rotatable bonds is 4. The molecule has 3 N–H and O–H groups in total. The summed E-state index contributed by atoms with van der Waals surface area (Å²) in [7, 11) is 1.93. The highest BCUT2D eigenvalue weighted by Crippen LogP contribution is 2.18. The zero-order valence-electron chi connectivity index (χ0n) is 12.7. The minimum atomic E-state index is -4.50. The minimum absolute atomic E-state index is 0.0509. The highest BCUT2D eigenvalue weighted by molar-refractivity contribution is 5.94. The van der Waals surface area contributed by atoms with E-state index < -0.39 is 24.7 Å². The van der Waals surface area contributed by atoms with Crippen LogP contribution in [0.25, 0.3) is 0 Å². The van der Waals surface area contributed by atoms with Gasteiger partial charge in [-0.15, -0.1) is 0 Å². The Kier molecular flexibility index (Phi) is 5.30. The number of aryl methyl sites for hydroxylation is 1. The van der Waals surface area contributed by atoms with Gasteiger partial charge >= 0.3 is 12.2 Å². The maximum Gasteiger partial charge on any atom is 0.405 e. The Morgan fingerprint density at radius 2 is 2.17 bits per heavy atom. The van der Waals surface area contributed by atoms with Crippen molar-refractivity contribution in [3.05, 3.63) is 24.0 Å². The smallest absolute Gasteiger partial charge is 0.350 e. The van der Waals surface area contributed by atoms with E-state index in [1.54, 1.807) is 5.32 Å². The third-order valence-corrected chi connectivity index (χ3v) is 3.91. The van der Waals surface area contributed by atoms with Crippen LogP contribution in [0.15, 0.2) is 18.3 Å². The molecule has 0 saturated carbocycles. The molecule has 128 valence electrons. The first-order valence-electron chi connectivity index (χ1n) is 7.36. The molecular formula is C14H20F3N4O2+. The predicted octanol–water partition coefficient (Wildman–Crippen LogP) is 0.133. The molecule has 1 unspecified atom stereocenters. The van der Waals surface area contributed by atoms with Crippen molar-refractivity contribution in [2.45, 2.75) is 25.1 Å². The molecule has 2 heterocycles. The highest BCUT2D eigenvalue weighted by Gasteiger charge is 2.33. The number of imide groups is 1. The standard InChI is InChI=1S/C14H19F3N4O2/c1-20-6-2-4-10(20)11-5-3-7-21(11)8-12(22)19-13(23)18-9-14(15,16)17/h2,4,6,11H,3,5,7-9H2,1H3,(H2,18,19,22,23)/p+1/t11-/m1/s1. The fourth-order valence-electron chi connectivity index (χ4n) is 2.92. The number of nitrogens with one attached hydrogen (secondary N) is 3. The first kappa shape index (κ1) is 17.3. The summed E-state index contributed by atoms with van der Waals surface area (Å²) >= 11 is 0. The molecule has 1 aromatic heterocycles. The average Bonchev–Trinajstić information content (AvgIpc) is 3.04. The molecule has 1 saturated heterocycles. The SMILES string of the molecule is Cn1cccc1[C@H]1CCC[NH+]1CC(=O)NC(=O)NCC(F)(F)F. The number of quaternary nitrogens is 1. The fourth-order valence-corrected chi connectivity index (χ4v) is 2.92. The Labute approximate surface area is 131 Å². The lowest BCUT2D eigenvalue weighted by Crippen LogP contribution is -3.11. The summed E-state index contributed by atoms with van der Waals surface area (Å²) in [5.74, 6) is -0.583. The van der Waals surface area contributed by atoms with Crippen molar-refractivity contribution in [3.63, 3.8) is 0 Å². The summed E-state index contributed by atoms with van der Waals surface area (Å²) in [5.41, 5.74) is 1.10. The molecule has 3 amide bonds. The van der Waals surface area contributed by atoms with Crippen LogP contribution < -0.4 is 15.5 Å². The zero-order valence-corrected chi connectivity index (χ0v) is 12.7. The van der Waals surface area contributed by atoms with E-state index in [0.717, 1.165) is 30.0 Å². The van der Waals surface area contributed by atoms with E-state index >= 15 is 0 Å². The first-order chi connectivity index (χ1) is 10.8. The monoisotopic (exact) mass is 333 g/mol. The predicted molar refractivity (Wildman–Crippen MR) is 75.7 cm³/mol. The third kappa shape index (κ3) is 4.98. The highest BCUT2D eigenvalue weighted by atomic mass is 19.4. The molecule has 0 aromatic carbocycles. The van der Waals surface area contributed by atoms with Crippen molar-refractivity contribution in [1.29, 1.82) is 0 Å². The van der Waals surface area contributed by atoms with Gasteiger partial charge in [-0.1, -0.05) is 0 Å². The van der Waals surface area contributed by atoms with Gasteiger partial charge in [0.2, 0.25) is 0 Å². The molecule has 0 radical (unpaired) electrons. The van der Waals surface area contributed by atoms with Gasteiger partial charge in [0.25, 0.3) is 5.91 Å². The second-order valence-electron chi connectivity index (χ2n) is 5.67. The van der Waals surface area contributed by atoms with Crippen LogP contribution in [0.4, 0.5) is 18.0 Å². The Morgan fingerprint density at radius 3 is 2.78 bits per heavy atom. The summed E-state index contributed by atoms with van der Waals surface area (Å²) in [4.78, 5) is 24.1. The molecule has 9 heteroatoms. The maximum absolute atomic E-state index is 12.0. The van der Waals surface area contributed by atoms with Crippen molar-refractivity contribution < 1.29 is 27.7 Å². The molecule has 1 aliphatic heterocycles. The number of hydrogen-bond acceptors (Lipinski definition) is 2. The third-order valence-electron chi connectivity index (χ3n) is 3.91. The first-order valence-corrected chi connectivity index (χ1v) is 7.36. The quantitative estimate of drug-likeness (QED) is 0.733. The number of likely N-dealkylation sites (tertiary alicyclic amines) is 1. The molecule has 0 spiro atoms. The lowest BCUT2D eigenvalue weighted by atomic mass is 10.1. The number of urea groups is 1. The second-order valence-corrected chi connectivity index (χ2v) is 5.67. The van der Waals surface area contributed by atoms with Crippen LogP contribution in [0.3, 0.4) is 0 Å².